The number of anilines is 2. The van der Waals surface area contributed by atoms with Crippen molar-refractivity contribution in [3.63, 3.8) is 0 Å². The fraction of sp³-hybridized carbons (Fsp3) is 0.250. The minimum Gasteiger partial charge on any atom is -0.394 e. The van der Waals surface area contributed by atoms with Gasteiger partial charge < -0.3 is 15.7 Å². The van der Waals surface area contributed by atoms with Gasteiger partial charge in [-0.25, -0.2) is 9.97 Å². The smallest absolute Gasteiger partial charge is 0.252 e. The molecule has 154 valence electrons. The van der Waals surface area contributed by atoms with Gasteiger partial charge in [0, 0.05) is 17.3 Å². The molecule has 3 aromatic rings. The number of halogens is 1. The van der Waals surface area contributed by atoms with E-state index in [1.165, 1.54) is 6.20 Å². The van der Waals surface area contributed by atoms with Crippen molar-refractivity contribution < 1.29 is 9.90 Å². The molecule has 0 aliphatic carbocycles. The van der Waals surface area contributed by atoms with E-state index in [1.54, 1.807) is 41.3 Å². The fourth-order valence-electron chi connectivity index (χ4n) is 2.66. The highest BCUT2D eigenvalue weighted by atomic mass is 35.5. The van der Waals surface area contributed by atoms with E-state index in [0.29, 0.717) is 46.4 Å². The lowest BCUT2D eigenvalue weighted by Crippen LogP contribution is -2.33. The number of aliphatic hydroxyl groups excluding tert-OH is 1. The summed E-state index contributed by atoms with van der Waals surface area (Å²) in [5.74, 6) is 0.0190. The molecule has 10 heteroatoms. The highest BCUT2D eigenvalue weighted by molar-refractivity contribution is 6.32. The summed E-state index contributed by atoms with van der Waals surface area (Å²) in [6.45, 7) is 2.21. The summed E-state index contributed by atoms with van der Waals surface area (Å²) in [4.78, 5) is 20.9. The predicted molar refractivity (Wildman–Crippen MR) is 112 cm³/mol. The van der Waals surface area contributed by atoms with E-state index in [-0.39, 0.29) is 12.5 Å². The number of nitrogens with zero attached hydrogens (tertiary/aromatic N) is 5. The van der Waals surface area contributed by atoms with Crippen LogP contribution in [0.2, 0.25) is 5.02 Å². The molecule has 30 heavy (non-hydrogen) atoms. The number of benzene rings is 1. The van der Waals surface area contributed by atoms with Gasteiger partial charge in [0.05, 0.1) is 48.0 Å². The van der Waals surface area contributed by atoms with Crippen LogP contribution < -0.4 is 10.6 Å². The second-order valence-electron chi connectivity index (χ2n) is 6.37. The van der Waals surface area contributed by atoms with Crippen molar-refractivity contribution in [3.05, 3.63) is 53.4 Å². The molecule has 3 N–H and O–H groups in total. The Morgan fingerprint density at radius 2 is 2.10 bits per heavy atom. The van der Waals surface area contributed by atoms with Crippen LogP contribution in [0.15, 0.2) is 42.9 Å². The van der Waals surface area contributed by atoms with Crippen LogP contribution in [-0.4, -0.2) is 43.4 Å². The number of carbonyl (C=O) groups is 1. The quantitative estimate of drug-likeness (QED) is 0.506. The molecule has 9 nitrogen and oxygen atoms in total. The van der Waals surface area contributed by atoms with Gasteiger partial charge in [0.25, 0.3) is 5.91 Å². The maximum atomic E-state index is 12.2. The molecule has 0 saturated heterocycles. The van der Waals surface area contributed by atoms with E-state index in [9.17, 15) is 4.79 Å². The lowest BCUT2D eigenvalue weighted by atomic mass is 10.1. The zero-order valence-corrected chi connectivity index (χ0v) is 17.0. The van der Waals surface area contributed by atoms with Gasteiger partial charge >= 0.3 is 0 Å². The normalized spacial score (nSPS) is 11.5. The number of hydrogen-bond acceptors (Lipinski definition) is 7. The van der Waals surface area contributed by atoms with Crippen molar-refractivity contribution in [1.29, 1.82) is 5.26 Å². The molecule has 0 aliphatic rings. The highest BCUT2D eigenvalue weighted by Crippen LogP contribution is 2.27. The molecule has 1 amide bonds. The van der Waals surface area contributed by atoms with Crippen molar-refractivity contribution in [2.24, 2.45) is 0 Å². The Hall–Kier alpha value is -3.48. The first-order chi connectivity index (χ1) is 14.5. The van der Waals surface area contributed by atoms with Crippen LogP contribution in [-0.2, 0) is 6.54 Å². The van der Waals surface area contributed by atoms with Gasteiger partial charge in [0.1, 0.15) is 6.04 Å². The molecule has 2 aromatic heterocycles. The van der Waals surface area contributed by atoms with Crippen LogP contribution in [0.5, 0.6) is 0 Å². The number of rotatable bonds is 8. The third-order valence-electron chi connectivity index (χ3n) is 4.25. The standard InChI is InChI=1S/C20H20ClN7O2/c1-2-15(9-22)25-19(30)14-5-3-13(4-6-14)18-17(21)11-23-20(27-18)26-16-10-24-28(12-16)7-8-29/h3-6,10-12,15,29H,2,7-8H2,1H3,(H,25,30)(H,23,26,27). The number of aliphatic hydroxyl groups is 1. The number of aromatic nitrogens is 4. The molecule has 0 saturated carbocycles. The average molecular weight is 426 g/mol. The van der Waals surface area contributed by atoms with E-state index in [0.717, 1.165) is 0 Å². The molecular weight excluding hydrogens is 406 g/mol. The average Bonchev–Trinajstić information content (AvgIpc) is 3.20. The van der Waals surface area contributed by atoms with E-state index in [1.807, 2.05) is 13.0 Å². The lowest BCUT2D eigenvalue weighted by Gasteiger charge is -2.10. The Morgan fingerprint density at radius 1 is 1.33 bits per heavy atom. The van der Waals surface area contributed by atoms with E-state index in [2.05, 4.69) is 25.7 Å². The van der Waals surface area contributed by atoms with Gasteiger partial charge in [-0.3, -0.25) is 9.48 Å². The fourth-order valence-corrected chi connectivity index (χ4v) is 2.86. The summed E-state index contributed by atoms with van der Waals surface area (Å²) in [6.07, 6.45) is 5.35. The molecule has 3 rings (SSSR count). The lowest BCUT2D eigenvalue weighted by molar-refractivity contribution is 0.0944. The summed E-state index contributed by atoms with van der Waals surface area (Å²) < 4.78 is 1.60. The molecule has 0 aliphatic heterocycles. The number of carbonyl (C=O) groups excluding carboxylic acids is 1. The van der Waals surface area contributed by atoms with Crippen LogP contribution in [0.3, 0.4) is 0 Å². The van der Waals surface area contributed by atoms with Gasteiger partial charge in [-0.05, 0) is 18.6 Å². The molecule has 0 spiro atoms. The maximum absolute atomic E-state index is 12.2. The van der Waals surface area contributed by atoms with Gasteiger partial charge in [-0.1, -0.05) is 30.7 Å². The zero-order chi connectivity index (χ0) is 21.5. The van der Waals surface area contributed by atoms with E-state index < -0.39 is 6.04 Å². The largest absolute Gasteiger partial charge is 0.394 e. The maximum Gasteiger partial charge on any atom is 0.252 e. The van der Waals surface area contributed by atoms with Crippen molar-refractivity contribution in [2.75, 3.05) is 11.9 Å². The minimum atomic E-state index is -0.524. The first kappa shape index (κ1) is 21.2. The number of nitriles is 1. The molecule has 1 aromatic carbocycles. The summed E-state index contributed by atoms with van der Waals surface area (Å²) in [7, 11) is 0. The van der Waals surface area contributed by atoms with E-state index >= 15 is 0 Å². The Kier molecular flexibility index (Phi) is 6.95. The summed E-state index contributed by atoms with van der Waals surface area (Å²) in [6, 6.07) is 8.29. The van der Waals surface area contributed by atoms with Crippen molar-refractivity contribution >= 4 is 29.1 Å². The van der Waals surface area contributed by atoms with Crippen molar-refractivity contribution in [3.8, 4) is 17.3 Å². The Labute approximate surface area is 178 Å². The summed E-state index contributed by atoms with van der Waals surface area (Å²) in [5, 5.41) is 28.2. The molecule has 0 fully saturated rings. The van der Waals surface area contributed by atoms with Crippen molar-refractivity contribution in [2.45, 2.75) is 25.9 Å². The topological polar surface area (TPSA) is 129 Å². The van der Waals surface area contributed by atoms with Crippen LogP contribution in [0.4, 0.5) is 11.6 Å². The molecule has 2 heterocycles. The number of hydrogen-bond donors (Lipinski definition) is 3. The summed E-state index contributed by atoms with van der Waals surface area (Å²) in [5.41, 5.74) is 2.33. The first-order valence-electron chi connectivity index (χ1n) is 9.27. The molecule has 1 atom stereocenters. The van der Waals surface area contributed by atoms with Crippen LogP contribution >= 0.6 is 11.6 Å². The Balaban J connectivity index is 1.77. The van der Waals surface area contributed by atoms with Crippen LogP contribution in [0.25, 0.3) is 11.3 Å². The SMILES string of the molecule is CCC(C#N)NC(=O)c1ccc(-c2nc(Nc3cnn(CCO)c3)ncc2Cl)cc1. The molecule has 0 radical (unpaired) electrons. The number of nitrogens with one attached hydrogen (secondary N) is 2. The minimum absolute atomic E-state index is 0.00760. The van der Waals surface area contributed by atoms with Crippen molar-refractivity contribution in [1.82, 2.24) is 25.1 Å². The van der Waals surface area contributed by atoms with Gasteiger partial charge in [0.15, 0.2) is 0 Å². The molecular formula is C20H20ClN7O2. The molecule has 1 unspecified atom stereocenters. The van der Waals surface area contributed by atoms with Gasteiger partial charge in [-0.2, -0.15) is 10.4 Å². The number of amides is 1. The van der Waals surface area contributed by atoms with Gasteiger partial charge in [0.2, 0.25) is 5.95 Å². The predicted octanol–water partition coefficient (Wildman–Crippen LogP) is 2.76. The summed E-state index contributed by atoms with van der Waals surface area (Å²) >= 11 is 6.28. The third-order valence-corrected chi connectivity index (χ3v) is 4.53. The second kappa shape index (κ2) is 9.82. The Morgan fingerprint density at radius 3 is 2.77 bits per heavy atom. The van der Waals surface area contributed by atoms with Crippen LogP contribution in [0.1, 0.15) is 23.7 Å². The third kappa shape index (κ3) is 5.11. The van der Waals surface area contributed by atoms with E-state index in [4.69, 9.17) is 22.0 Å². The van der Waals surface area contributed by atoms with Gasteiger partial charge in [-0.15, -0.1) is 0 Å². The second-order valence-corrected chi connectivity index (χ2v) is 6.78. The Bertz CT molecular complexity index is 1060. The highest BCUT2D eigenvalue weighted by Gasteiger charge is 2.13. The first-order valence-corrected chi connectivity index (χ1v) is 9.65. The molecule has 0 bridgehead atoms. The van der Waals surface area contributed by atoms with Crippen LogP contribution in [0, 0.1) is 11.3 Å². The zero-order valence-electron chi connectivity index (χ0n) is 16.2. The monoisotopic (exact) mass is 425 g/mol.